The van der Waals surface area contributed by atoms with Crippen LogP contribution in [0.3, 0.4) is 0 Å². The number of hydrogen-bond acceptors (Lipinski definition) is 4. The second-order valence-electron chi connectivity index (χ2n) is 9.66. The van der Waals surface area contributed by atoms with Gasteiger partial charge in [-0.05, 0) is 44.1 Å². The highest BCUT2D eigenvalue weighted by Crippen LogP contribution is 2.34. The molecule has 7 heteroatoms. The molecule has 5 rings (SSSR count). The van der Waals surface area contributed by atoms with Gasteiger partial charge in [-0.2, -0.15) is 0 Å². The summed E-state index contributed by atoms with van der Waals surface area (Å²) >= 11 is 0. The third kappa shape index (κ3) is 3.84. The molecule has 0 unspecified atom stereocenters. The molecule has 31 heavy (non-hydrogen) atoms. The highest BCUT2D eigenvalue weighted by atomic mass is 16.2. The summed E-state index contributed by atoms with van der Waals surface area (Å²) in [6.07, 6.45) is 5.99. The van der Waals surface area contributed by atoms with Gasteiger partial charge in [0.15, 0.2) is 0 Å². The van der Waals surface area contributed by atoms with Gasteiger partial charge in [0.05, 0.1) is 6.04 Å². The summed E-state index contributed by atoms with van der Waals surface area (Å²) in [5.74, 6) is 0.286. The number of rotatable bonds is 4. The fourth-order valence-electron chi connectivity index (χ4n) is 5.53. The highest BCUT2D eigenvalue weighted by molar-refractivity contribution is 6.07. The van der Waals surface area contributed by atoms with Crippen molar-refractivity contribution in [1.29, 1.82) is 0 Å². The summed E-state index contributed by atoms with van der Waals surface area (Å²) in [6, 6.07) is 9.87. The van der Waals surface area contributed by atoms with Crippen molar-refractivity contribution in [2.75, 3.05) is 26.2 Å². The van der Waals surface area contributed by atoms with Crippen molar-refractivity contribution >= 4 is 17.8 Å². The maximum absolute atomic E-state index is 13.5. The Bertz CT molecular complexity index is 846. The molecule has 1 aliphatic carbocycles. The van der Waals surface area contributed by atoms with Crippen LogP contribution in [0.4, 0.5) is 4.79 Å². The summed E-state index contributed by atoms with van der Waals surface area (Å²) in [4.78, 5) is 44.7. The van der Waals surface area contributed by atoms with Crippen molar-refractivity contribution in [3.8, 4) is 0 Å². The Balaban J connectivity index is 1.22. The average molecular weight is 425 g/mol. The average Bonchev–Trinajstić information content (AvgIpc) is 2.99. The van der Waals surface area contributed by atoms with Gasteiger partial charge in [0, 0.05) is 38.6 Å². The molecule has 3 heterocycles. The number of nitrogens with one attached hydrogen (secondary N) is 1. The highest BCUT2D eigenvalue weighted by Gasteiger charge is 2.54. The maximum Gasteiger partial charge on any atom is 0.325 e. The molecule has 0 bridgehead atoms. The van der Waals surface area contributed by atoms with E-state index in [1.807, 2.05) is 23.1 Å². The molecular formula is C24H32N4O3. The van der Waals surface area contributed by atoms with Crippen LogP contribution in [0.5, 0.6) is 0 Å². The van der Waals surface area contributed by atoms with Crippen LogP contribution in [0.2, 0.25) is 0 Å². The lowest BCUT2D eigenvalue weighted by Crippen LogP contribution is -2.56. The Morgan fingerprint density at radius 1 is 1.00 bits per heavy atom. The summed E-state index contributed by atoms with van der Waals surface area (Å²) in [5.41, 5.74) is 0.491. The molecule has 1 aromatic rings. The molecule has 166 valence electrons. The Morgan fingerprint density at radius 2 is 1.74 bits per heavy atom. The van der Waals surface area contributed by atoms with Gasteiger partial charge in [0.25, 0.3) is 5.91 Å². The number of likely N-dealkylation sites (tertiary alicyclic amines) is 2. The van der Waals surface area contributed by atoms with Gasteiger partial charge in [-0.15, -0.1) is 0 Å². The third-order valence-electron chi connectivity index (χ3n) is 7.68. The molecule has 1 aromatic carbocycles. The Hall–Kier alpha value is -2.41. The molecule has 4 amide bonds. The first-order valence-corrected chi connectivity index (χ1v) is 11.8. The first kappa shape index (κ1) is 20.5. The van der Waals surface area contributed by atoms with Crippen molar-refractivity contribution in [2.45, 2.75) is 63.1 Å². The van der Waals surface area contributed by atoms with Crippen LogP contribution >= 0.6 is 0 Å². The van der Waals surface area contributed by atoms with E-state index in [1.54, 1.807) is 0 Å². The molecule has 4 aliphatic rings. The molecular weight excluding hydrogens is 392 g/mol. The van der Waals surface area contributed by atoms with E-state index in [2.05, 4.69) is 22.3 Å². The van der Waals surface area contributed by atoms with Gasteiger partial charge in [0.1, 0.15) is 5.54 Å². The predicted molar refractivity (Wildman–Crippen MR) is 116 cm³/mol. The van der Waals surface area contributed by atoms with E-state index in [9.17, 15) is 14.4 Å². The van der Waals surface area contributed by atoms with Crippen LogP contribution in [-0.2, 0) is 16.1 Å². The van der Waals surface area contributed by atoms with Gasteiger partial charge in [-0.1, -0.05) is 36.8 Å². The Labute approximate surface area is 183 Å². The monoisotopic (exact) mass is 424 g/mol. The Kier molecular flexibility index (Phi) is 5.46. The zero-order chi connectivity index (χ0) is 21.4. The first-order chi connectivity index (χ1) is 15.1. The normalized spacial score (nSPS) is 26.8. The molecule has 1 atom stereocenters. The number of urea groups is 1. The minimum absolute atomic E-state index is 0.0835. The number of carbonyl (C=O) groups excluding carboxylic acids is 3. The predicted octanol–water partition coefficient (Wildman–Crippen LogP) is 2.36. The van der Waals surface area contributed by atoms with Crippen LogP contribution in [0, 0.1) is 5.92 Å². The van der Waals surface area contributed by atoms with Crippen molar-refractivity contribution in [1.82, 2.24) is 20.0 Å². The van der Waals surface area contributed by atoms with Gasteiger partial charge in [-0.25, -0.2) is 4.79 Å². The molecule has 1 N–H and O–H groups in total. The van der Waals surface area contributed by atoms with Crippen molar-refractivity contribution in [3.63, 3.8) is 0 Å². The lowest BCUT2D eigenvalue weighted by Gasteiger charge is -2.40. The fraction of sp³-hybridized carbons (Fsp3) is 0.625. The lowest BCUT2D eigenvalue weighted by atomic mass is 9.83. The van der Waals surface area contributed by atoms with E-state index in [1.165, 1.54) is 10.5 Å². The van der Waals surface area contributed by atoms with E-state index in [4.69, 9.17) is 0 Å². The smallest absolute Gasteiger partial charge is 0.325 e. The summed E-state index contributed by atoms with van der Waals surface area (Å²) in [6.45, 7) is 3.67. The molecule has 0 radical (unpaired) electrons. The molecule has 0 aromatic heterocycles. The Morgan fingerprint density at radius 3 is 2.42 bits per heavy atom. The number of nitrogens with zero attached hydrogens (tertiary/aromatic N) is 3. The molecule has 3 aliphatic heterocycles. The summed E-state index contributed by atoms with van der Waals surface area (Å²) < 4.78 is 0. The molecule has 3 saturated heterocycles. The largest absolute Gasteiger partial charge is 0.340 e. The summed E-state index contributed by atoms with van der Waals surface area (Å²) in [5, 5.41) is 3.05. The number of amides is 4. The van der Waals surface area contributed by atoms with Crippen molar-refractivity contribution in [3.05, 3.63) is 35.9 Å². The standard InChI is InChI=1S/C24H32N4O3/c29-21(19-8-4-9-19)27-13-5-10-20(17-27)28-22(30)24(25-23(28)31)11-14-26(15-12-24)16-18-6-2-1-3-7-18/h1-3,6-7,19-20H,4-5,8-17H2,(H,25,31)/t20-/m1/s1. The van der Waals surface area contributed by atoms with Gasteiger partial charge >= 0.3 is 6.03 Å². The number of piperidine rings is 2. The SMILES string of the molecule is O=C(C1CCC1)N1CCC[C@@H](N2C(=O)NC3(CCN(Cc4ccccc4)CC3)C2=O)C1. The number of benzene rings is 1. The van der Waals surface area contributed by atoms with Gasteiger partial charge in [-0.3, -0.25) is 19.4 Å². The van der Waals surface area contributed by atoms with Crippen LogP contribution in [0.25, 0.3) is 0 Å². The number of carbonyl (C=O) groups is 3. The second kappa shape index (κ2) is 8.26. The van der Waals surface area contributed by atoms with E-state index in [-0.39, 0.29) is 29.8 Å². The van der Waals surface area contributed by atoms with Crippen LogP contribution in [-0.4, -0.2) is 70.3 Å². The van der Waals surface area contributed by atoms with Gasteiger partial charge < -0.3 is 10.2 Å². The molecule has 1 saturated carbocycles. The van der Waals surface area contributed by atoms with E-state index < -0.39 is 5.54 Å². The second-order valence-corrected chi connectivity index (χ2v) is 9.66. The minimum atomic E-state index is -0.773. The first-order valence-electron chi connectivity index (χ1n) is 11.8. The number of hydrogen-bond donors (Lipinski definition) is 1. The molecule has 4 fully saturated rings. The third-order valence-corrected chi connectivity index (χ3v) is 7.68. The quantitative estimate of drug-likeness (QED) is 0.753. The van der Waals surface area contributed by atoms with Crippen LogP contribution < -0.4 is 5.32 Å². The van der Waals surface area contributed by atoms with Gasteiger partial charge in [0.2, 0.25) is 5.91 Å². The molecule has 1 spiro atoms. The fourth-order valence-corrected chi connectivity index (χ4v) is 5.53. The zero-order valence-electron chi connectivity index (χ0n) is 18.1. The van der Waals surface area contributed by atoms with Crippen LogP contribution in [0.15, 0.2) is 30.3 Å². The topological polar surface area (TPSA) is 73.0 Å². The molecule has 7 nitrogen and oxygen atoms in total. The van der Waals surface area contributed by atoms with Crippen molar-refractivity contribution in [2.24, 2.45) is 5.92 Å². The maximum atomic E-state index is 13.5. The zero-order valence-corrected chi connectivity index (χ0v) is 18.1. The van der Waals surface area contributed by atoms with E-state index in [0.29, 0.717) is 19.4 Å². The minimum Gasteiger partial charge on any atom is -0.340 e. The van der Waals surface area contributed by atoms with E-state index >= 15 is 0 Å². The van der Waals surface area contributed by atoms with Crippen LogP contribution in [0.1, 0.15) is 50.5 Å². The summed E-state index contributed by atoms with van der Waals surface area (Å²) in [7, 11) is 0. The van der Waals surface area contributed by atoms with Crippen molar-refractivity contribution < 1.29 is 14.4 Å². The number of imide groups is 1. The lowest BCUT2D eigenvalue weighted by molar-refractivity contribution is -0.143. The van der Waals surface area contributed by atoms with E-state index in [0.717, 1.165) is 58.3 Å².